The van der Waals surface area contributed by atoms with Crippen LogP contribution in [0.1, 0.15) is 28.4 Å². The number of amides is 1. The molecule has 1 saturated heterocycles. The maximum atomic E-state index is 12.8. The van der Waals surface area contributed by atoms with Crippen molar-refractivity contribution in [3.8, 4) is 0 Å². The summed E-state index contributed by atoms with van der Waals surface area (Å²) in [6, 6.07) is 1.75. The highest BCUT2D eigenvalue weighted by molar-refractivity contribution is 5.92. The molecular formula is C17H20N8O. The standard InChI is InChI=1S/C17H20N8O/c1-11-8-13(23-12(2)22-11)17(26)25-5-3-4-24(6-7-25)16-14-15(19-9-18-14)20-10-21-16/h8-10H,3-7H2,1-2H3,(H,18,19,20,21). The van der Waals surface area contributed by atoms with E-state index < -0.39 is 0 Å². The fraction of sp³-hybridized carbons (Fsp3) is 0.412. The summed E-state index contributed by atoms with van der Waals surface area (Å²) >= 11 is 0. The molecule has 1 fully saturated rings. The van der Waals surface area contributed by atoms with E-state index in [0.717, 1.165) is 30.0 Å². The Morgan fingerprint density at radius 2 is 1.96 bits per heavy atom. The van der Waals surface area contributed by atoms with Crippen LogP contribution in [-0.4, -0.2) is 66.9 Å². The van der Waals surface area contributed by atoms with Crippen molar-refractivity contribution in [1.82, 2.24) is 34.8 Å². The summed E-state index contributed by atoms with van der Waals surface area (Å²) in [5.41, 5.74) is 2.75. The van der Waals surface area contributed by atoms with Gasteiger partial charge in [-0.2, -0.15) is 0 Å². The molecule has 0 atom stereocenters. The topological polar surface area (TPSA) is 104 Å². The molecule has 9 heteroatoms. The number of anilines is 1. The van der Waals surface area contributed by atoms with Gasteiger partial charge in [-0.25, -0.2) is 24.9 Å². The Hall–Kier alpha value is -3.10. The fourth-order valence-electron chi connectivity index (χ4n) is 3.31. The lowest BCUT2D eigenvalue weighted by molar-refractivity contribution is 0.0760. The first-order valence-corrected chi connectivity index (χ1v) is 8.62. The molecule has 0 aromatic carbocycles. The molecule has 3 aromatic rings. The van der Waals surface area contributed by atoms with Gasteiger partial charge in [-0.1, -0.05) is 0 Å². The number of aromatic amines is 1. The Labute approximate surface area is 150 Å². The van der Waals surface area contributed by atoms with E-state index in [1.165, 1.54) is 6.33 Å². The number of fused-ring (bicyclic) bond motifs is 1. The smallest absolute Gasteiger partial charge is 0.272 e. The van der Waals surface area contributed by atoms with Crippen LogP contribution in [0.4, 0.5) is 5.82 Å². The maximum absolute atomic E-state index is 12.8. The van der Waals surface area contributed by atoms with E-state index in [1.54, 1.807) is 19.3 Å². The summed E-state index contributed by atoms with van der Waals surface area (Å²) in [5.74, 6) is 1.40. The molecule has 4 heterocycles. The largest absolute Gasteiger partial charge is 0.353 e. The van der Waals surface area contributed by atoms with Crippen LogP contribution in [0.15, 0.2) is 18.7 Å². The van der Waals surface area contributed by atoms with E-state index in [1.807, 2.05) is 11.8 Å². The number of rotatable bonds is 2. The lowest BCUT2D eigenvalue weighted by Gasteiger charge is -2.23. The van der Waals surface area contributed by atoms with Gasteiger partial charge in [-0.05, 0) is 26.3 Å². The summed E-state index contributed by atoms with van der Waals surface area (Å²) in [5, 5.41) is 0. The van der Waals surface area contributed by atoms with Crippen molar-refractivity contribution < 1.29 is 4.79 Å². The normalized spacial score (nSPS) is 15.3. The molecule has 9 nitrogen and oxygen atoms in total. The van der Waals surface area contributed by atoms with Gasteiger partial charge in [0.25, 0.3) is 5.91 Å². The number of aromatic nitrogens is 6. The molecule has 1 N–H and O–H groups in total. The van der Waals surface area contributed by atoms with Crippen molar-refractivity contribution in [2.24, 2.45) is 0 Å². The predicted octanol–water partition coefficient (Wildman–Crippen LogP) is 1.11. The fourth-order valence-corrected chi connectivity index (χ4v) is 3.31. The first kappa shape index (κ1) is 16.4. The van der Waals surface area contributed by atoms with Gasteiger partial charge < -0.3 is 14.8 Å². The van der Waals surface area contributed by atoms with Gasteiger partial charge in [0.2, 0.25) is 0 Å². The summed E-state index contributed by atoms with van der Waals surface area (Å²) in [6.07, 6.45) is 4.00. The molecule has 0 bridgehead atoms. The second kappa shape index (κ2) is 6.66. The Morgan fingerprint density at radius 3 is 2.81 bits per heavy atom. The summed E-state index contributed by atoms with van der Waals surface area (Å²) < 4.78 is 0. The minimum Gasteiger partial charge on any atom is -0.353 e. The molecule has 4 rings (SSSR count). The predicted molar refractivity (Wildman–Crippen MR) is 95.9 cm³/mol. The molecule has 3 aromatic heterocycles. The number of hydrogen-bond donors (Lipinski definition) is 1. The minimum atomic E-state index is -0.0465. The van der Waals surface area contributed by atoms with Crippen molar-refractivity contribution >= 4 is 22.9 Å². The van der Waals surface area contributed by atoms with E-state index in [0.29, 0.717) is 36.8 Å². The van der Waals surface area contributed by atoms with E-state index in [9.17, 15) is 4.79 Å². The van der Waals surface area contributed by atoms with Crippen LogP contribution < -0.4 is 4.90 Å². The van der Waals surface area contributed by atoms with Crippen LogP contribution in [-0.2, 0) is 0 Å². The second-order valence-electron chi connectivity index (χ2n) is 6.37. The maximum Gasteiger partial charge on any atom is 0.272 e. The van der Waals surface area contributed by atoms with Crippen LogP contribution in [0.5, 0.6) is 0 Å². The third-order valence-corrected chi connectivity index (χ3v) is 4.47. The van der Waals surface area contributed by atoms with Gasteiger partial charge in [0.15, 0.2) is 11.5 Å². The number of hydrogen-bond acceptors (Lipinski definition) is 7. The highest BCUT2D eigenvalue weighted by Crippen LogP contribution is 2.21. The zero-order valence-electron chi connectivity index (χ0n) is 14.8. The molecule has 1 amide bonds. The first-order valence-electron chi connectivity index (χ1n) is 8.62. The number of carbonyl (C=O) groups is 1. The lowest BCUT2D eigenvalue weighted by atomic mass is 10.2. The van der Waals surface area contributed by atoms with Gasteiger partial charge in [0, 0.05) is 31.9 Å². The molecular weight excluding hydrogens is 332 g/mol. The number of H-pyrrole nitrogens is 1. The van der Waals surface area contributed by atoms with Crippen LogP contribution >= 0.6 is 0 Å². The molecule has 134 valence electrons. The van der Waals surface area contributed by atoms with E-state index in [2.05, 4.69) is 34.8 Å². The number of aryl methyl sites for hydroxylation is 2. The van der Waals surface area contributed by atoms with Crippen molar-refractivity contribution in [3.63, 3.8) is 0 Å². The number of imidazole rings is 1. The van der Waals surface area contributed by atoms with Crippen LogP contribution in [0, 0.1) is 13.8 Å². The Morgan fingerprint density at radius 1 is 1.08 bits per heavy atom. The van der Waals surface area contributed by atoms with Gasteiger partial charge in [0.1, 0.15) is 23.4 Å². The third-order valence-electron chi connectivity index (χ3n) is 4.47. The number of nitrogens with one attached hydrogen (secondary N) is 1. The molecule has 0 spiro atoms. The Bertz CT molecular complexity index is 933. The minimum absolute atomic E-state index is 0.0465. The third kappa shape index (κ3) is 3.07. The molecule has 0 radical (unpaired) electrons. The van der Waals surface area contributed by atoms with Gasteiger partial charge in [-0.3, -0.25) is 4.79 Å². The SMILES string of the molecule is Cc1cc(C(=O)N2CCCN(c3ncnc4nc[nH]c34)CC2)nc(C)n1. The quantitative estimate of drug-likeness (QED) is 0.737. The number of nitrogens with zero attached hydrogens (tertiary/aromatic N) is 7. The average Bonchev–Trinajstić information content (AvgIpc) is 2.97. The summed E-state index contributed by atoms with van der Waals surface area (Å²) in [4.78, 5) is 41.3. The van der Waals surface area contributed by atoms with E-state index in [4.69, 9.17) is 0 Å². The van der Waals surface area contributed by atoms with E-state index >= 15 is 0 Å². The van der Waals surface area contributed by atoms with Gasteiger partial charge in [-0.15, -0.1) is 0 Å². The average molecular weight is 352 g/mol. The Kier molecular flexibility index (Phi) is 4.19. The highest BCUT2D eigenvalue weighted by atomic mass is 16.2. The van der Waals surface area contributed by atoms with Gasteiger partial charge in [0.05, 0.1) is 6.33 Å². The van der Waals surface area contributed by atoms with Crippen molar-refractivity contribution in [2.75, 3.05) is 31.1 Å². The van der Waals surface area contributed by atoms with Crippen molar-refractivity contribution in [3.05, 3.63) is 35.9 Å². The second-order valence-corrected chi connectivity index (χ2v) is 6.37. The van der Waals surface area contributed by atoms with Gasteiger partial charge >= 0.3 is 0 Å². The Balaban J connectivity index is 1.53. The summed E-state index contributed by atoms with van der Waals surface area (Å²) in [7, 11) is 0. The highest BCUT2D eigenvalue weighted by Gasteiger charge is 2.23. The van der Waals surface area contributed by atoms with Crippen LogP contribution in [0.25, 0.3) is 11.2 Å². The summed E-state index contributed by atoms with van der Waals surface area (Å²) in [6.45, 7) is 6.49. The van der Waals surface area contributed by atoms with Crippen molar-refractivity contribution in [2.45, 2.75) is 20.3 Å². The molecule has 1 aliphatic rings. The van der Waals surface area contributed by atoms with Crippen LogP contribution in [0.2, 0.25) is 0 Å². The molecule has 1 aliphatic heterocycles. The van der Waals surface area contributed by atoms with E-state index in [-0.39, 0.29) is 5.91 Å². The molecule has 0 unspecified atom stereocenters. The zero-order valence-corrected chi connectivity index (χ0v) is 14.8. The van der Waals surface area contributed by atoms with Crippen LogP contribution in [0.3, 0.4) is 0 Å². The van der Waals surface area contributed by atoms with Crippen molar-refractivity contribution in [1.29, 1.82) is 0 Å². The molecule has 0 saturated carbocycles. The molecule has 26 heavy (non-hydrogen) atoms. The zero-order chi connectivity index (χ0) is 18.1. The first-order chi connectivity index (χ1) is 12.6. The molecule has 0 aliphatic carbocycles. The lowest BCUT2D eigenvalue weighted by Crippen LogP contribution is -2.36. The monoisotopic (exact) mass is 352 g/mol. The number of carbonyl (C=O) groups excluding carboxylic acids is 1.